The Bertz CT molecular complexity index is 703. The summed E-state index contributed by atoms with van der Waals surface area (Å²) < 4.78 is 1.88. The highest BCUT2D eigenvalue weighted by molar-refractivity contribution is 5.97. The van der Waals surface area contributed by atoms with Crippen LogP contribution >= 0.6 is 0 Å². The molecule has 0 saturated heterocycles. The number of nitrogens with one attached hydrogen (secondary N) is 2. The number of nitrogens with zero attached hydrogens (tertiary/aromatic N) is 5. The van der Waals surface area contributed by atoms with Gasteiger partial charge in [-0.05, 0) is 54.0 Å². The third kappa shape index (κ3) is 5.14. The molecule has 0 fully saturated rings. The van der Waals surface area contributed by atoms with Crippen molar-refractivity contribution in [1.29, 1.82) is 0 Å². The molecule has 0 aliphatic heterocycles. The van der Waals surface area contributed by atoms with Gasteiger partial charge in [0.05, 0.1) is 11.6 Å². The standard InChI is InChI=1S/C18H31N7O/c1-6-19-18(26)23-16-15-11-22-25(17(15)21-12-20-16)10-8-7-9-24(13(2)3)14(4)5/h11-14H,6-10H2,1-5H3,(H2,19,20,21,23,26). The van der Waals surface area contributed by atoms with Crippen LogP contribution in [0.5, 0.6) is 0 Å². The van der Waals surface area contributed by atoms with Crippen LogP contribution in [0, 0.1) is 0 Å². The number of carbonyl (C=O) groups is 1. The van der Waals surface area contributed by atoms with E-state index in [4.69, 9.17) is 0 Å². The van der Waals surface area contributed by atoms with E-state index in [1.54, 1.807) is 6.20 Å². The minimum absolute atomic E-state index is 0.275. The van der Waals surface area contributed by atoms with Gasteiger partial charge in [0.25, 0.3) is 0 Å². The minimum atomic E-state index is -0.275. The van der Waals surface area contributed by atoms with Gasteiger partial charge in [0.2, 0.25) is 0 Å². The Morgan fingerprint density at radius 2 is 1.92 bits per heavy atom. The zero-order valence-corrected chi connectivity index (χ0v) is 16.5. The van der Waals surface area contributed by atoms with Gasteiger partial charge in [-0.15, -0.1) is 0 Å². The van der Waals surface area contributed by atoms with Crippen LogP contribution in [0.4, 0.5) is 10.6 Å². The van der Waals surface area contributed by atoms with Crippen LogP contribution in [-0.2, 0) is 6.54 Å². The van der Waals surface area contributed by atoms with E-state index in [1.807, 2.05) is 11.6 Å². The van der Waals surface area contributed by atoms with Crippen LogP contribution in [0.3, 0.4) is 0 Å². The van der Waals surface area contributed by atoms with Crippen molar-refractivity contribution >= 4 is 22.9 Å². The number of hydrogen-bond acceptors (Lipinski definition) is 5. The summed E-state index contributed by atoms with van der Waals surface area (Å²) in [4.78, 5) is 22.7. The Kier molecular flexibility index (Phi) is 7.32. The van der Waals surface area contributed by atoms with Crippen molar-refractivity contribution in [2.45, 2.75) is 66.1 Å². The molecule has 2 N–H and O–H groups in total. The molecule has 26 heavy (non-hydrogen) atoms. The predicted molar refractivity (Wildman–Crippen MR) is 104 cm³/mol. The van der Waals surface area contributed by atoms with E-state index in [9.17, 15) is 4.79 Å². The maximum absolute atomic E-state index is 11.7. The normalized spacial score (nSPS) is 11.7. The molecule has 0 bridgehead atoms. The number of hydrogen-bond donors (Lipinski definition) is 2. The number of amides is 2. The molecule has 0 aromatic carbocycles. The number of fused-ring (bicyclic) bond motifs is 1. The van der Waals surface area contributed by atoms with Crippen molar-refractivity contribution in [3.8, 4) is 0 Å². The second kappa shape index (κ2) is 9.47. The molecule has 2 rings (SSSR count). The highest BCUT2D eigenvalue weighted by atomic mass is 16.2. The van der Waals surface area contributed by atoms with Crippen LogP contribution in [-0.4, -0.2) is 55.9 Å². The van der Waals surface area contributed by atoms with Gasteiger partial charge in [0.15, 0.2) is 5.65 Å². The van der Waals surface area contributed by atoms with Gasteiger partial charge in [0, 0.05) is 25.2 Å². The molecule has 8 nitrogen and oxygen atoms in total. The first-order valence-corrected chi connectivity index (χ1v) is 9.41. The van der Waals surface area contributed by atoms with E-state index >= 15 is 0 Å². The second-order valence-corrected chi connectivity index (χ2v) is 6.94. The first kappa shape index (κ1) is 20.1. The van der Waals surface area contributed by atoms with E-state index < -0.39 is 0 Å². The van der Waals surface area contributed by atoms with Gasteiger partial charge in [0.1, 0.15) is 12.1 Å². The summed E-state index contributed by atoms with van der Waals surface area (Å²) in [6.45, 7) is 13.2. The zero-order valence-electron chi connectivity index (χ0n) is 16.5. The second-order valence-electron chi connectivity index (χ2n) is 6.94. The van der Waals surface area contributed by atoms with Crippen LogP contribution in [0.25, 0.3) is 11.0 Å². The van der Waals surface area contributed by atoms with Crippen LogP contribution < -0.4 is 10.6 Å². The summed E-state index contributed by atoms with van der Waals surface area (Å²) in [6, 6.07) is 0.829. The van der Waals surface area contributed by atoms with Crippen molar-refractivity contribution in [2.75, 3.05) is 18.4 Å². The van der Waals surface area contributed by atoms with E-state index in [1.165, 1.54) is 6.33 Å². The van der Waals surface area contributed by atoms with Crippen molar-refractivity contribution in [1.82, 2.24) is 30.0 Å². The van der Waals surface area contributed by atoms with E-state index in [-0.39, 0.29) is 6.03 Å². The molecule has 0 aliphatic rings. The molecular weight excluding hydrogens is 330 g/mol. The number of urea groups is 1. The van der Waals surface area contributed by atoms with Gasteiger partial charge in [-0.2, -0.15) is 5.10 Å². The first-order chi connectivity index (χ1) is 12.4. The molecule has 144 valence electrons. The van der Waals surface area contributed by atoms with Crippen LogP contribution in [0.2, 0.25) is 0 Å². The molecule has 0 spiro atoms. The van der Waals surface area contributed by atoms with E-state index in [0.29, 0.717) is 24.4 Å². The van der Waals surface area contributed by atoms with Gasteiger partial charge in [-0.3, -0.25) is 10.2 Å². The van der Waals surface area contributed by atoms with Crippen molar-refractivity contribution in [2.24, 2.45) is 0 Å². The van der Waals surface area contributed by atoms with Gasteiger partial charge in [-0.1, -0.05) is 0 Å². The molecule has 0 aliphatic carbocycles. The summed E-state index contributed by atoms with van der Waals surface area (Å²) in [6.07, 6.45) is 5.30. The maximum Gasteiger partial charge on any atom is 0.320 e. The lowest BCUT2D eigenvalue weighted by atomic mass is 10.2. The van der Waals surface area contributed by atoms with Gasteiger partial charge >= 0.3 is 6.03 Å². The largest absolute Gasteiger partial charge is 0.338 e. The zero-order chi connectivity index (χ0) is 19.1. The number of rotatable bonds is 9. The van der Waals surface area contributed by atoms with Crippen molar-refractivity contribution in [3.05, 3.63) is 12.5 Å². The maximum atomic E-state index is 11.7. The fraction of sp³-hybridized carbons (Fsp3) is 0.667. The average Bonchev–Trinajstić information content (AvgIpc) is 2.98. The minimum Gasteiger partial charge on any atom is -0.338 e. The lowest BCUT2D eigenvalue weighted by molar-refractivity contribution is 0.171. The summed E-state index contributed by atoms with van der Waals surface area (Å²) >= 11 is 0. The number of anilines is 1. The molecule has 2 aromatic rings. The number of aryl methyl sites for hydroxylation is 1. The molecule has 2 heterocycles. The Balaban J connectivity index is 1.97. The van der Waals surface area contributed by atoms with E-state index in [0.717, 1.165) is 37.0 Å². The molecule has 0 saturated carbocycles. The summed E-state index contributed by atoms with van der Waals surface area (Å²) in [5, 5.41) is 10.6. The summed E-state index contributed by atoms with van der Waals surface area (Å²) in [7, 11) is 0. The average molecular weight is 361 g/mol. The van der Waals surface area contributed by atoms with Crippen LogP contribution in [0.15, 0.2) is 12.5 Å². The van der Waals surface area contributed by atoms with Gasteiger partial charge < -0.3 is 5.32 Å². The number of unbranched alkanes of at least 4 members (excludes halogenated alkanes) is 1. The third-order valence-corrected chi connectivity index (χ3v) is 4.37. The molecular formula is C18H31N7O. The Morgan fingerprint density at radius 1 is 1.19 bits per heavy atom. The SMILES string of the molecule is CCNC(=O)Nc1ncnc2c1cnn2CCCCN(C(C)C)C(C)C. The molecule has 0 radical (unpaired) electrons. The van der Waals surface area contributed by atoms with E-state index in [2.05, 4.69) is 58.3 Å². The molecule has 2 amide bonds. The lowest BCUT2D eigenvalue weighted by Gasteiger charge is -2.30. The lowest BCUT2D eigenvalue weighted by Crippen LogP contribution is -2.37. The number of aromatic nitrogens is 4. The Hall–Kier alpha value is -2.22. The Labute approximate surface area is 155 Å². The first-order valence-electron chi connectivity index (χ1n) is 9.41. The topological polar surface area (TPSA) is 88.0 Å². The highest BCUT2D eigenvalue weighted by Crippen LogP contribution is 2.19. The van der Waals surface area contributed by atoms with Crippen molar-refractivity contribution < 1.29 is 4.79 Å². The molecule has 0 atom stereocenters. The summed E-state index contributed by atoms with van der Waals surface area (Å²) in [5.41, 5.74) is 0.747. The molecule has 8 heteroatoms. The quantitative estimate of drug-likeness (QED) is 0.671. The molecule has 2 aromatic heterocycles. The molecule has 0 unspecified atom stereocenters. The van der Waals surface area contributed by atoms with Gasteiger partial charge in [-0.25, -0.2) is 19.4 Å². The summed E-state index contributed by atoms with van der Waals surface area (Å²) in [5.74, 6) is 0.484. The number of carbonyl (C=O) groups excluding carboxylic acids is 1. The highest BCUT2D eigenvalue weighted by Gasteiger charge is 2.14. The fourth-order valence-corrected chi connectivity index (χ4v) is 3.14. The van der Waals surface area contributed by atoms with Crippen LogP contribution in [0.1, 0.15) is 47.5 Å². The van der Waals surface area contributed by atoms with Crippen molar-refractivity contribution in [3.63, 3.8) is 0 Å². The monoisotopic (exact) mass is 361 g/mol. The predicted octanol–water partition coefficient (Wildman–Crippen LogP) is 2.87. The Morgan fingerprint density at radius 3 is 2.58 bits per heavy atom. The third-order valence-electron chi connectivity index (χ3n) is 4.37. The fourth-order valence-electron chi connectivity index (χ4n) is 3.14. The smallest absolute Gasteiger partial charge is 0.320 e.